The van der Waals surface area contributed by atoms with E-state index in [1.54, 1.807) is 10.9 Å². The Morgan fingerprint density at radius 1 is 0.950 bits per heavy atom. The highest BCUT2D eigenvalue weighted by Crippen LogP contribution is 2.22. The minimum Gasteiger partial charge on any atom is -0.457 e. The van der Waals surface area contributed by atoms with E-state index in [1.165, 1.54) is 6.20 Å². The second-order valence-corrected chi connectivity index (χ2v) is 4.25. The fraction of sp³-hybridized carbons (Fsp3) is 0. The zero-order valence-electron chi connectivity index (χ0n) is 10.6. The van der Waals surface area contributed by atoms with E-state index in [-0.39, 0.29) is 0 Å². The molecule has 0 bridgehead atoms. The fourth-order valence-corrected chi connectivity index (χ4v) is 1.83. The molecule has 2 aromatic carbocycles. The topological polar surface area (TPSA) is 44.1 Å². The monoisotopic (exact) mass is 264 g/mol. The van der Waals surface area contributed by atoms with Gasteiger partial charge in [-0.25, -0.2) is 4.68 Å². The van der Waals surface area contributed by atoms with E-state index in [4.69, 9.17) is 4.74 Å². The largest absolute Gasteiger partial charge is 0.457 e. The smallest absolute Gasteiger partial charge is 0.153 e. The second-order valence-electron chi connectivity index (χ2n) is 4.25. The lowest BCUT2D eigenvalue weighted by atomic mass is 10.3. The molecule has 20 heavy (non-hydrogen) atoms. The van der Waals surface area contributed by atoms with E-state index >= 15 is 0 Å². The van der Waals surface area contributed by atoms with Gasteiger partial charge in [-0.3, -0.25) is 4.79 Å². The van der Waals surface area contributed by atoms with Gasteiger partial charge in [-0.15, -0.1) is 0 Å². The van der Waals surface area contributed by atoms with Crippen molar-refractivity contribution >= 4 is 6.29 Å². The lowest BCUT2D eigenvalue weighted by Crippen LogP contribution is -1.93. The third kappa shape index (κ3) is 2.59. The van der Waals surface area contributed by atoms with Crippen LogP contribution < -0.4 is 4.74 Å². The highest BCUT2D eigenvalue weighted by molar-refractivity contribution is 5.73. The van der Waals surface area contributed by atoms with Gasteiger partial charge in [0.15, 0.2) is 6.29 Å². The molecule has 0 unspecified atom stereocenters. The summed E-state index contributed by atoms with van der Waals surface area (Å²) >= 11 is 0. The SMILES string of the molecule is O=Cc1cnn(-c2ccc(Oc3ccccc3)cc2)c1. The number of ether oxygens (including phenoxy) is 1. The van der Waals surface area contributed by atoms with Crippen LogP contribution in [0.15, 0.2) is 67.0 Å². The first-order valence-electron chi connectivity index (χ1n) is 6.18. The molecule has 3 rings (SSSR count). The number of hydrogen-bond donors (Lipinski definition) is 0. The van der Waals surface area contributed by atoms with Gasteiger partial charge in [0.05, 0.1) is 17.4 Å². The van der Waals surface area contributed by atoms with Crippen LogP contribution in [-0.4, -0.2) is 16.1 Å². The van der Waals surface area contributed by atoms with Crippen LogP contribution in [0.25, 0.3) is 5.69 Å². The van der Waals surface area contributed by atoms with Gasteiger partial charge in [0.1, 0.15) is 11.5 Å². The van der Waals surface area contributed by atoms with Gasteiger partial charge in [-0.05, 0) is 36.4 Å². The first-order chi connectivity index (χ1) is 9.85. The predicted molar refractivity (Wildman–Crippen MR) is 75.5 cm³/mol. The van der Waals surface area contributed by atoms with E-state index in [1.807, 2.05) is 54.6 Å². The number of nitrogens with zero attached hydrogens (tertiary/aromatic N) is 2. The van der Waals surface area contributed by atoms with Crippen molar-refractivity contribution in [1.82, 2.24) is 9.78 Å². The van der Waals surface area contributed by atoms with Crippen molar-refractivity contribution in [2.24, 2.45) is 0 Å². The maximum atomic E-state index is 10.6. The summed E-state index contributed by atoms with van der Waals surface area (Å²) in [6, 6.07) is 17.1. The molecular formula is C16H12N2O2. The van der Waals surface area contributed by atoms with Gasteiger partial charge in [0.2, 0.25) is 0 Å². The van der Waals surface area contributed by atoms with Crippen LogP contribution in [0.2, 0.25) is 0 Å². The van der Waals surface area contributed by atoms with E-state index in [9.17, 15) is 4.79 Å². The van der Waals surface area contributed by atoms with Gasteiger partial charge < -0.3 is 4.74 Å². The average Bonchev–Trinajstić information content (AvgIpc) is 2.98. The molecule has 0 atom stereocenters. The molecule has 0 saturated carbocycles. The second kappa shape index (κ2) is 5.40. The minimum atomic E-state index is 0.551. The number of rotatable bonds is 4. The molecule has 0 radical (unpaired) electrons. The van der Waals surface area contributed by atoms with Gasteiger partial charge in [0.25, 0.3) is 0 Å². The van der Waals surface area contributed by atoms with E-state index < -0.39 is 0 Å². The summed E-state index contributed by atoms with van der Waals surface area (Å²) in [6.45, 7) is 0. The number of carbonyl (C=O) groups is 1. The van der Waals surface area contributed by atoms with Crippen molar-refractivity contribution in [3.05, 3.63) is 72.6 Å². The summed E-state index contributed by atoms with van der Waals surface area (Å²) in [7, 11) is 0. The lowest BCUT2D eigenvalue weighted by Gasteiger charge is -2.06. The lowest BCUT2D eigenvalue weighted by molar-refractivity contribution is 0.112. The minimum absolute atomic E-state index is 0.551. The normalized spacial score (nSPS) is 10.2. The molecule has 0 spiro atoms. The molecule has 0 fully saturated rings. The molecule has 0 N–H and O–H groups in total. The molecule has 0 aliphatic rings. The Morgan fingerprint density at radius 2 is 1.65 bits per heavy atom. The Kier molecular flexibility index (Phi) is 3.29. The third-order valence-electron chi connectivity index (χ3n) is 2.82. The Balaban J connectivity index is 1.79. The Morgan fingerprint density at radius 3 is 2.30 bits per heavy atom. The highest BCUT2D eigenvalue weighted by atomic mass is 16.5. The highest BCUT2D eigenvalue weighted by Gasteiger charge is 2.01. The molecule has 0 aliphatic carbocycles. The van der Waals surface area contributed by atoms with Crippen molar-refractivity contribution in [3.63, 3.8) is 0 Å². The third-order valence-corrected chi connectivity index (χ3v) is 2.82. The fourth-order valence-electron chi connectivity index (χ4n) is 1.83. The molecule has 0 amide bonds. The molecule has 4 nitrogen and oxygen atoms in total. The van der Waals surface area contributed by atoms with Crippen LogP contribution in [0.1, 0.15) is 10.4 Å². The van der Waals surface area contributed by atoms with Crippen LogP contribution in [-0.2, 0) is 0 Å². The maximum Gasteiger partial charge on any atom is 0.153 e. The molecule has 0 aliphatic heterocycles. The van der Waals surface area contributed by atoms with E-state index in [0.717, 1.165) is 23.5 Å². The van der Waals surface area contributed by atoms with Crippen molar-refractivity contribution in [2.45, 2.75) is 0 Å². The summed E-state index contributed by atoms with van der Waals surface area (Å²) in [5.74, 6) is 1.55. The number of carbonyl (C=O) groups excluding carboxylic acids is 1. The molecule has 1 heterocycles. The summed E-state index contributed by atoms with van der Waals surface area (Å²) in [5.41, 5.74) is 1.42. The molecular weight excluding hydrogens is 252 g/mol. The van der Waals surface area contributed by atoms with Gasteiger partial charge >= 0.3 is 0 Å². The Labute approximate surface area is 116 Å². The number of para-hydroxylation sites is 1. The van der Waals surface area contributed by atoms with Crippen LogP contribution >= 0.6 is 0 Å². The maximum absolute atomic E-state index is 10.6. The summed E-state index contributed by atoms with van der Waals surface area (Å²) in [6.07, 6.45) is 3.98. The van der Waals surface area contributed by atoms with Crippen molar-refractivity contribution in [2.75, 3.05) is 0 Å². The zero-order chi connectivity index (χ0) is 13.8. The van der Waals surface area contributed by atoms with Crippen molar-refractivity contribution in [3.8, 4) is 17.2 Å². The van der Waals surface area contributed by atoms with Gasteiger partial charge in [-0.2, -0.15) is 5.10 Å². The van der Waals surface area contributed by atoms with E-state index in [2.05, 4.69) is 5.10 Å². The van der Waals surface area contributed by atoms with Crippen LogP contribution in [0.3, 0.4) is 0 Å². The average molecular weight is 264 g/mol. The summed E-state index contributed by atoms with van der Waals surface area (Å²) in [4.78, 5) is 10.6. The first kappa shape index (κ1) is 12.2. The molecule has 4 heteroatoms. The zero-order valence-corrected chi connectivity index (χ0v) is 10.6. The van der Waals surface area contributed by atoms with Crippen molar-refractivity contribution in [1.29, 1.82) is 0 Å². The summed E-state index contributed by atoms with van der Waals surface area (Å²) in [5, 5.41) is 4.12. The van der Waals surface area contributed by atoms with Crippen LogP contribution in [0.4, 0.5) is 0 Å². The van der Waals surface area contributed by atoms with Crippen LogP contribution in [0, 0.1) is 0 Å². The molecule has 98 valence electrons. The Hall–Kier alpha value is -2.88. The number of hydrogen-bond acceptors (Lipinski definition) is 3. The quantitative estimate of drug-likeness (QED) is 0.678. The Bertz CT molecular complexity index is 703. The van der Waals surface area contributed by atoms with E-state index in [0.29, 0.717) is 5.56 Å². The molecule has 1 aromatic heterocycles. The number of aromatic nitrogens is 2. The van der Waals surface area contributed by atoms with Gasteiger partial charge in [0, 0.05) is 6.20 Å². The molecule has 3 aromatic rings. The van der Waals surface area contributed by atoms with Gasteiger partial charge in [-0.1, -0.05) is 18.2 Å². The first-order valence-corrected chi connectivity index (χ1v) is 6.18. The predicted octanol–water partition coefficient (Wildman–Crippen LogP) is 3.48. The summed E-state index contributed by atoms with van der Waals surface area (Å²) < 4.78 is 7.36. The van der Waals surface area contributed by atoms with Crippen LogP contribution in [0.5, 0.6) is 11.5 Å². The molecule has 0 saturated heterocycles. The number of benzene rings is 2. The van der Waals surface area contributed by atoms with Crippen molar-refractivity contribution < 1.29 is 9.53 Å². The number of aldehydes is 1. The standard InChI is InChI=1S/C16H12N2O2/c19-12-13-10-17-18(11-13)14-6-8-16(9-7-14)20-15-4-2-1-3-5-15/h1-12H.